The molecule has 3 heterocycles. The van der Waals surface area contributed by atoms with Crippen molar-refractivity contribution in [2.75, 3.05) is 26.2 Å². The summed E-state index contributed by atoms with van der Waals surface area (Å²) in [6.45, 7) is 10.1. The minimum absolute atomic E-state index is 0.0108. The number of amides is 1. The number of carbonyl (C=O) groups excluding carboxylic acids is 1. The highest BCUT2D eigenvalue weighted by molar-refractivity contribution is 7.18. The Bertz CT molecular complexity index is 834. The van der Waals surface area contributed by atoms with E-state index in [1.807, 2.05) is 13.8 Å². The second-order valence-electron chi connectivity index (χ2n) is 7.35. The van der Waals surface area contributed by atoms with Gasteiger partial charge in [-0.1, -0.05) is 6.92 Å². The van der Waals surface area contributed by atoms with E-state index < -0.39 is 0 Å². The van der Waals surface area contributed by atoms with Gasteiger partial charge in [-0.05, 0) is 51.3 Å². The van der Waals surface area contributed by atoms with Gasteiger partial charge in [-0.15, -0.1) is 11.3 Å². The van der Waals surface area contributed by atoms with Crippen LogP contribution in [0.5, 0.6) is 0 Å². The highest BCUT2D eigenvalue weighted by Crippen LogP contribution is 2.25. The van der Waals surface area contributed by atoms with E-state index in [0.717, 1.165) is 40.8 Å². The number of rotatable bonds is 6. The van der Waals surface area contributed by atoms with Crippen molar-refractivity contribution in [3.05, 3.63) is 26.6 Å². The first kappa shape index (κ1) is 19.0. The quantitative estimate of drug-likeness (QED) is 0.811. The SMILES string of the molecule is Cc1sc2nc(CCC(=O)NCCN3CCC(C)CC3)[nH]c(=O)c2c1C. The first-order valence-electron chi connectivity index (χ1n) is 9.42. The summed E-state index contributed by atoms with van der Waals surface area (Å²) < 4.78 is 0. The van der Waals surface area contributed by atoms with E-state index >= 15 is 0 Å². The van der Waals surface area contributed by atoms with E-state index in [4.69, 9.17) is 0 Å². The number of fused-ring (bicyclic) bond motifs is 1. The number of likely N-dealkylation sites (tertiary alicyclic amines) is 1. The summed E-state index contributed by atoms with van der Waals surface area (Å²) in [4.78, 5) is 36.0. The predicted molar refractivity (Wildman–Crippen MR) is 106 cm³/mol. The maximum absolute atomic E-state index is 12.3. The van der Waals surface area contributed by atoms with Gasteiger partial charge in [0.25, 0.3) is 5.56 Å². The number of H-pyrrole nitrogens is 1. The molecule has 0 spiro atoms. The lowest BCUT2D eigenvalue weighted by Gasteiger charge is -2.30. The van der Waals surface area contributed by atoms with Crippen LogP contribution in [0.2, 0.25) is 0 Å². The summed E-state index contributed by atoms with van der Waals surface area (Å²) >= 11 is 1.53. The van der Waals surface area contributed by atoms with Gasteiger partial charge in [0.05, 0.1) is 5.39 Å². The molecule has 1 aliphatic rings. The average Bonchev–Trinajstić information content (AvgIpc) is 2.89. The fourth-order valence-electron chi connectivity index (χ4n) is 3.38. The molecule has 26 heavy (non-hydrogen) atoms. The second kappa shape index (κ2) is 8.31. The maximum atomic E-state index is 12.3. The lowest BCUT2D eigenvalue weighted by Crippen LogP contribution is -2.39. The molecule has 0 atom stereocenters. The van der Waals surface area contributed by atoms with Gasteiger partial charge in [-0.3, -0.25) is 9.59 Å². The monoisotopic (exact) mass is 376 g/mol. The number of aryl methyl sites for hydroxylation is 3. The third kappa shape index (κ3) is 4.51. The van der Waals surface area contributed by atoms with Gasteiger partial charge in [0, 0.05) is 30.8 Å². The Morgan fingerprint density at radius 1 is 1.35 bits per heavy atom. The molecular weight excluding hydrogens is 348 g/mol. The van der Waals surface area contributed by atoms with E-state index in [9.17, 15) is 9.59 Å². The molecule has 0 aromatic carbocycles. The largest absolute Gasteiger partial charge is 0.355 e. The number of thiophene rings is 1. The number of hydrogen-bond acceptors (Lipinski definition) is 5. The van der Waals surface area contributed by atoms with Crippen molar-refractivity contribution in [2.24, 2.45) is 5.92 Å². The van der Waals surface area contributed by atoms with Crippen molar-refractivity contribution in [1.29, 1.82) is 0 Å². The Balaban J connectivity index is 1.47. The smallest absolute Gasteiger partial charge is 0.259 e. The topological polar surface area (TPSA) is 78.1 Å². The first-order chi connectivity index (χ1) is 12.4. The van der Waals surface area contributed by atoms with Crippen LogP contribution < -0.4 is 10.9 Å². The lowest BCUT2D eigenvalue weighted by molar-refractivity contribution is -0.121. The average molecular weight is 377 g/mol. The van der Waals surface area contributed by atoms with Crippen molar-refractivity contribution < 1.29 is 4.79 Å². The zero-order valence-electron chi connectivity index (χ0n) is 15.9. The number of nitrogens with one attached hydrogen (secondary N) is 2. The third-order valence-corrected chi connectivity index (χ3v) is 6.40. The maximum Gasteiger partial charge on any atom is 0.259 e. The van der Waals surface area contributed by atoms with Crippen LogP contribution in [-0.4, -0.2) is 47.0 Å². The van der Waals surface area contributed by atoms with Crippen molar-refractivity contribution >= 4 is 27.5 Å². The van der Waals surface area contributed by atoms with Crippen LogP contribution in [0.15, 0.2) is 4.79 Å². The number of aromatic amines is 1. The fourth-order valence-corrected chi connectivity index (χ4v) is 4.43. The second-order valence-corrected chi connectivity index (χ2v) is 8.55. The molecule has 2 aromatic heterocycles. The zero-order chi connectivity index (χ0) is 18.7. The Labute approximate surface area is 158 Å². The van der Waals surface area contributed by atoms with Crippen LogP contribution in [0.4, 0.5) is 0 Å². The Hall–Kier alpha value is -1.73. The van der Waals surface area contributed by atoms with E-state index in [2.05, 4.69) is 27.1 Å². The first-order valence-corrected chi connectivity index (χ1v) is 10.2. The van der Waals surface area contributed by atoms with Gasteiger partial charge in [0.1, 0.15) is 10.7 Å². The minimum atomic E-state index is -0.105. The zero-order valence-corrected chi connectivity index (χ0v) is 16.7. The molecule has 0 saturated carbocycles. The molecule has 1 amide bonds. The van der Waals surface area contributed by atoms with Crippen LogP contribution in [-0.2, 0) is 11.2 Å². The van der Waals surface area contributed by atoms with Crippen molar-refractivity contribution in [3.63, 3.8) is 0 Å². The Kier molecular flexibility index (Phi) is 6.09. The van der Waals surface area contributed by atoms with Gasteiger partial charge in [-0.25, -0.2) is 4.98 Å². The highest BCUT2D eigenvalue weighted by Gasteiger charge is 2.15. The van der Waals surface area contributed by atoms with Crippen LogP contribution >= 0.6 is 11.3 Å². The molecule has 6 nitrogen and oxygen atoms in total. The summed E-state index contributed by atoms with van der Waals surface area (Å²) in [5, 5.41) is 3.66. The van der Waals surface area contributed by atoms with E-state index in [-0.39, 0.29) is 11.5 Å². The van der Waals surface area contributed by atoms with Gasteiger partial charge < -0.3 is 15.2 Å². The van der Waals surface area contributed by atoms with Crippen LogP contribution in [0.3, 0.4) is 0 Å². The highest BCUT2D eigenvalue weighted by atomic mass is 32.1. The molecule has 0 aliphatic carbocycles. The van der Waals surface area contributed by atoms with Crippen LogP contribution in [0.25, 0.3) is 10.2 Å². The summed E-state index contributed by atoms with van der Waals surface area (Å²) in [5.74, 6) is 1.42. The molecule has 1 aliphatic heterocycles. The number of aromatic nitrogens is 2. The van der Waals surface area contributed by atoms with E-state index in [1.165, 1.54) is 24.2 Å². The number of nitrogens with zero attached hydrogens (tertiary/aromatic N) is 2. The van der Waals surface area contributed by atoms with Gasteiger partial charge in [0.15, 0.2) is 0 Å². The number of carbonyl (C=O) groups is 1. The predicted octanol–water partition coefficient (Wildman–Crippen LogP) is 2.38. The molecular formula is C19H28N4O2S. The lowest BCUT2D eigenvalue weighted by atomic mass is 9.99. The molecule has 2 aromatic rings. The molecule has 7 heteroatoms. The molecule has 1 saturated heterocycles. The van der Waals surface area contributed by atoms with Gasteiger partial charge in [0.2, 0.25) is 5.91 Å². The molecule has 142 valence electrons. The molecule has 0 bridgehead atoms. The Morgan fingerprint density at radius 3 is 2.81 bits per heavy atom. The summed E-state index contributed by atoms with van der Waals surface area (Å²) in [6, 6.07) is 0. The summed E-state index contributed by atoms with van der Waals surface area (Å²) in [7, 11) is 0. The molecule has 3 rings (SSSR count). The molecule has 0 unspecified atom stereocenters. The minimum Gasteiger partial charge on any atom is -0.355 e. The van der Waals surface area contributed by atoms with E-state index in [0.29, 0.717) is 30.6 Å². The van der Waals surface area contributed by atoms with Gasteiger partial charge >= 0.3 is 0 Å². The standard InChI is InChI=1S/C19H28N4O2S/c1-12-6-9-23(10-7-12)11-8-20-16(24)5-4-15-21-18(25)17-13(2)14(3)26-19(17)22-15/h12H,4-11H2,1-3H3,(H,20,24)(H,21,22,25). The Morgan fingerprint density at radius 2 is 2.08 bits per heavy atom. The number of hydrogen-bond donors (Lipinski definition) is 2. The van der Waals surface area contributed by atoms with Crippen LogP contribution in [0, 0.1) is 19.8 Å². The van der Waals surface area contributed by atoms with Gasteiger partial charge in [-0.2, -0.15) is 0 Å². The fraction of sp³-hybridized carbons (Fsp3) is 0.632. The summed E-state index contributed by atoms with van der Waals surface area (Å²) in [6.07, 6.45) is 3.29. The van der Waals surface area contributed by atoms with Crippen LogP contribution in [0.1, 0.15) is 42.5 Å². The molecule has 1 fully saturated rings. The number of piperidine rings is 1. The van der Waals surface area contributed by atoms with Crippen molar-refractivity contribution in [3.8, 4) is 0 Å². The van der Waals surface area contributed by atoms with Crippen molar-refractivity contribution in [2.45, 2.75) is 46.5 Å². The third-order valence-electron chi connectivity index (χ3n) is 5.30. The summed E-state index contributed by atoms with van der Waals surface area (Å²) in [5.41, 5.74) is 0.890. The normalized spacial score (nSPS) is 16.3. The van der Waals surface area contributed by atoms with E-state index in [1.54, 1.807) is 0 Å². The molecule has 0 radical (unpaired) electrons. The van der Waals surface area contributed by atoms with Crippen molar-refractivity contribution in [1.82, 2.24) is 20.2 Å². The molecule has 2 N–H and O–H groups in total.